The molecule has 0 bridgehead atoms. The molecule has 0 spiro atoms. The molecule has 0 fully saturated rings. The van der Waals surface area contributed by atoms with Crippen LogP contribution in [-0.2, 0) is 10.8 Å². The van der Waals surface area contributed by atoms with Crippen molar-refractivity contribution < 1.29 is 8.83 Å². The number of furan rings is 2. The van der Waals surface area contributed by atoms with Crippen molar-refractivity contribution in [3.8, 4) is 0 Å². The Morgan fingerprint density at radius 3 is 1.25 bits per heavy atom. The Morgan fingerprint density at radius 1 is 0.284 bits per heavy atom. The number of rotatable bonds is 11. The summed E-state index contributed by atoms with van der Waals surface area (Å²) in [5, 5.41) is 8.88. The molecule has 0 radical (unpaired) electrons. The van der Waals surface area contributed by atoms with Crippen molar-refractivity contribution in [2.45, 2.75) is 52.4 Å². The van der Waals surface area contributed by atoms with Crippen LogP contribution in [0.5, 0.6) is 0 Å². The zero-order valence-corrected chi connectivity index (χ0v) is 57.8. The van der Waals surface area contributed by atoms with E-state index in [0.717, 1.165) is 151 Å². The Labute approximate surface area is 594 Å². The number of benzene rings is 15. The number of para-hydroxylation sites is 5. The normalized spacial score (nSPS) is 12.7. The second-order valence-corrected chi connectivity index (χ2v) is 29.3. The van der Waals surface area contributed by atoms with Gasteiger partial charge in [-0.1, -0.05) is 224 Å². The Kier molecular flexibility index (Phi) is 14.0. The van der Waals surface area contributed by atoms with E-state index in [1.807, 2.05) is 6.07 Å². The summed E-state index contributed by atoms with van der Waals surface area (Å²) >= 11 is 0. The van der Waals surface area contributed by atoms with E-state index >= 15 is 0 Å². The van der Waals surface area contributed by atoms with Crippen LogP contribution >= 0.6 is 0 Å². The lowest BCUT2D eigenvalue weighted by Crippen LogP contribution is -2.61. The molecule has 0 saturated heterocycles. The lowest BCUT2D eigenvalue weighted by atomic mass is 9.33. The van der Waals surface area contributed by atoms with Crippen LogP contribution in [0, 0.1) is 0 Å². The summed E-state index contributed by atoms with van der Waals surface area (Å²) in [6.45, 7) is 13.4. The van der Waals surface area contributed by atoms with E-state index in [4.69, 9.17) is 8.83 Å². The van der Waals surface area contributed by atoms with Crippen LogP contribution in [0.25, 0.3) is 65.4 Å². The fraction of sp³-hybridized carbons (Fsp3) is 0.0851. The minimum atomic E-state index is -0.383. The van der Waals surface area contributed by atoms with E-state index in [1.54, 1.807) is 0 Å². The predicted molar refractivity (Wildman–Crippen MR) is 431 cm³/mol. The highest BCUT2D eigenvalue weighted by atomic mass is 16.3. The third kappa shape index (κ3) is 10.0. The Balaban J connectivity index is 0.965. The molecule has 0 unspecified atom stereocenters. The van der Waals surface area contributed by atoms with Crippen LogP contribution in [0.4, 0.5) is 85.3 Å². The summed E-state index contributed by atoms with van der Waals surface area (Å²) in [7, 11) is 0. The molecule has 488 valence electrons. The topological polar surface area (TPSA) is 42.5 Å². The zero-order valence-electron chi connectivity index (χ0n) is 57.8. The van der Waals surface area contributed by atoms with Gasteiger partial charge in [-0.05, 0) is 205 Å². The van der Waals surface area contributed by atoms with Crippen molar-refractivity contribution in [1.29, 1.82) is 0 Å². The molecule has 7 nitrogen and oxygen atoms in total. The quantitative estimate of drug-likeness (QED) is 0.120. The summed E-state index contributed by atoms with van der Waals surface area (Å²) in [5.41, 5.74) is 24.5. The van der Waals surface area contributed by atoms with Gasteiger partial charge in [-0.25, -0.2) is 0 Å². The van der Waals surface area contributed by atoms with Gasteiger partial charge in [-0.2, -0.15) is 0 Å². The van der Waals surface area contributed by atoms with Gasteiger partial charge in [0.1, 0.15) is 22.3 Å². The first-order chi connectivity index (χ1) is 49.8. The molecule has 0 saturated carbocycles. The Morgan fingerprint density at radius 2 is 0.696 bits per heavy atom. The predicted octanol–water partition coefficient (Wildman–Crippen LogP) is 24.9. The summed E-state index contributed by atoms with van der Waals surface area (Å²) in [5.74, 6) is 0. The van der Waals surface area contributed by atoms with Crippen LogP contribution in [0.2, 0.25) is 0 Å². The molecule has 102 heavy (non-hydrogen) atoms. The standard InChI is InChI=1S/C94H72BN5O2/c1-93(2,3)65-40-46-70(47-41-65)99-81-57-75(97(73-45-39-62-25-17-19-27-64(62)55-73)74-51-53-88-79(56-74)77-34-20-22-36-86(77)101-88)50-52-80(81)95-90-83(99)58-76(96(67-28-10-7-11-29-67)72-44-38-61-24-16-18-26-63(61)54-72)59-84(90)100(71-48-42-66(43-49-71)94(4,5)6)85-60-82(89-78-35-21-23-37-87(78)102-92(89)91(85)95)98(68-30-12-8-13-31-68)69-32-14-9-15-33-69/h7-60H,1-6H3. The van der Waals surface area contributed by atoms with Crippen LogP contribution in [0.15, 0.2) is 336 Å². The molecule has 19 rings (SSSR count). The van der Waals surface area contributed by atoms with Gasteiger partial charge in [0, 0.05) is 90.1 Å². The van der Waals surface area contributed by atoms with Crippen molar-refractivity contribution in [2.75, 3.05) is 24.5 Å². The fourth-order valence-electron chi connectivity index (χ4n) is 16.1. The van der Waals surface area contributed by atoms with Gasteiger partial charge in [-0.3, -0.25) is 0 Å². The van der Waals surface area contributed by atoms with Gasteiger partial charge in [0.2, 0.25) is 0 Å². The minimum absolute atomic E-state index is 0.103. The molecule has 0 aliphatic carbocycles. The molecule has 15 aromatic carbocycles. The van der Waals surface area contributed by atoms with E-state index in [-0.39, 0.29) is 17.5 Å². The number of hydrogen-bond acceptors (Lipinski definition) is 7. The van der Waals surface area contributed by atoms with Crippen molar-refractivity contribution >= 4 is 174 Å². The SMILES string of the molecule is CC(C)(C)c1ccc(N2c3cc(N(c4ccc5ccccc5c4)c4ccc5oc6ccccc6c5c4)ccc3B3c4c2cc(N(c2ccccc2)c2ccc5ccccc5c2)cc4N(c2ccc(C(C)(C)C)cc2)c2cc(N(c4ccccc4)c4ccccc4)c4c(oc5ccccc54)c23)cc1. The average molecular weight is 1310 g/mol. The average Bonchev–Trinajstić information content (AvgIpc) is 1.02. The summed E-state index contributed by atoms with van der Waals surface area (Å²) < 4.78 is 14.3. The van der Waals surface area contributed by atoms with E-state index in [9.17, 15) is 0 Å². The van der Waals surface area contributed by atoms with Crippen LogP contribution in [0.3, 0.4) is 0 Å². The Hall–Kier alpha value is -12.5. The van der Waals surface area contributed by atoms with Crippen LogP contribution in [0.1, 0.15) is 52.7 Å². The summed E-state index contributed by atoms with van der Waals surface area (Å²) in [6.07, 6.45) is 0. The first kappa shape index (κ1) is 60.6. The summed E-state index contributed by atoms with van der Waals surface area (Å²) in [4.78, 5) is 12.5. The van der Waals surface area contributed by atoms with Crippen molar-refractivity contribution in [2.24, 2.45) is 0 Å². The maximum absolute atomic E-state index is 7.74. The molecule has 8 heteroatoms. The number of fused-ring (bicyclic) bond motifs is 13. The van der Waals surface area contributed by atoms with Gasteiger partial charge >= 0.3 is 0 Å². The molecular weight excluding hydrogens is 1240 g/mol. The van der Waals surface area contributed by atoms with Gasteiger partial charge < -0.3 is 33.3 Å². The van der Waals surface area contributed by atoms with Gasteiger partial charge in [0.25, 0.3) is 6.71 Å². The molecule has 4 heterocycles. The molecule has 0 amide bonds. The largest absolute Gasteiger partial charge is 0.456 e. The molecule has 0 N–H and O–H groups in total. The van der Waals surface area contributed by atoms with Gasteiger partial charge in [0.05, 0.1) is 16.8 Å². The maximum atomic E-state index is 7.74. The highest BCUT2D eigenvalue weighted by molar-refractivity contribution is 7.01. The monoisotopic (exact) mass is 1310 g/mol. The highest BCUT2D eigenvalue weighted by Gasteiger charge is 2.47. The van der Waals surface area contributed by atoms with Crippen molar-refractivity contribution in [3.63, 3.8) is 0 Å². The molecule has 0 atom stereocenters. The molecule has 2 aliphatic heterocycles. The second kappa shape index (κ2) is 23.6. The molecular formula is C94H72BN5O2. The third-order valence-corrected chi connectivity index (χ3v) is 21.0. The highest BCUT2D eigenvalue weighted by Crippen LogP contribution is 2.54. The van der Waals surface area contributed by atoms with E-state index in [1.165, 1.54) is 27.4 Å². The molecule has 17 aromatic rings. The van der Waals surface area contributed by atoms with Gasteiger partial charge in [0.15, 0.2) is 0 Å². The van der Waals surface area contributed by atoms with E-state index in [2.05, 4.69) is 388 Å². The Bertz CT molecular complexity index is 6090. The van der Waals surface area contributed by atoms with E-state index < -0.39 is 0 Å². The second-order valence-electron chi connectivity index (χ2n) is 29.3. The van der Waals surface area contributed by atoms with Gasteiger partial charge in [-0.15, -0.1) is 0 Å². The maximum Gasteiger partial charge on any atom is 0.257 e. The first-order valence-electron chi connectivity index (χ1n) is 35.4. The fourth-order valence-corrected chi connectivity index (χ4v) is 16.1. The smallest absolute Gasteiger partial charge is 0.257 e. The number of anilines is 15. The van der Waals surface area contributed by atoms with Crippen LogP contribution in [-0.4, -0.2) is 6.71 Å². The lowest BCUT2D eigenvalue weighted by Gasteiger charge is -2.45. The zero-order chi connectivity index (χ0) is 68.5. The first-order valence-corrected chi connectivity index (χ1v) is 35.4. The van der Waals surface area contributed by atoms with Crippen LogP contribution < -0.4 is 40.9 Å². The molecule has 2 aromatic heterocycles. The minimum Gasteiger partial charge on any atom is -0.456 e. The number of nitrogens with zero attached hydrogens (tertiary/aromatic N) is 5. The molecule has 2 aliphatic rings. The summed E-state index contributed by atoms with van der Waals surface area (Å²) in [6, 6.07) is 121. The third-order valence-electron chi connectivity index (χ3n) is 21.0. The van der Waals surface area contributed by atoms with Crippen molar-refractivity contribution in [3.05, 3.63) is 339 Å². The van der Waals surface area contributed by atoms with Crippen molar-refractivity contribution in [1.82, 2.24) is 0 Å². The van der Waals surface area contributed by atoms with E-state index in [0.29, 0.717) is 0 Å². The number of hydrogen-bond donors (Lipinski definition) is 0. The lowest BCUT2D eigenvalue weighted by molar-refractivity contribution is 0.590.